The Morgan fingerprint density at radius 3 is 2.53 bits per heavy atom. The average Bonchev–Trinajstić information content (AvgIpc) is 2.25. The Kier molecular flexibility index (Phi) is 3.92. The molecule has 0 radical (unpaired) electrons. The largest absolute Gasteiger partial charge is 0.497 e. The summed E-state index contributed by atoms with van der Waals surface area (Å²) < 4.78 is 10.2. The highest BCUT2D eigenvalue weighted by atomic mass is 16.5. The van der Waals surface area contributed by atoms with Gasteiger partial charge in [-0.2, -0.15) is 0 Å². The second kappa shape index (κ2) is 5.20. The van der Waals surface area contributed by atoms with E-state index in [1.165, 1.54) is 13.0 Å². The lowest BCUT2D eigenvalue weighted by molar-refractivity contribution is -0.112. The maximum atomic E-state index is 10.8. The van der Waals surface area contributed by atoms with Crippen molar-refractivity contribution in [1.82, 2.24) is 0 Å². The zero-order valence-electron chi connectivity index (χ0n) is 9.11. The Labute approximate surface area is 89.3 Å². The molecule has 0 N–H and O–H groups in total. The van der Waals surface area contributed by atoms with Gasteiger partial charge in [-0.1, -0.05) is 0 Å². The Hall–Kier alpha value is -1.77. The molecule has 0 heterocycles. The fourth-order valence-corrected chi connectivity index (χ4v) is 1.16. The molecule has 0 atom stereocenters. The van der Waals surface area contributed by atoms with Crippen LogP contribution in [0.4, 0.5) is 0 Å². The number of methoxy groups -OCH3 is 2. The number of ether oxygens (including phenoxy) is 2. The lowest BCUT2D eigenvalue weighted by atomic mass is 10.1. The van der Waals surface area contributed by atoms with Gasteiger partial charge in [0, 0.05) is 11.6 Å². The normalized spacial score (nSPS) is 10.3. The van der Waals surface area contributed by atoms with Gasteiger partial charge < -0.3 is 9.47 Å². The second-order valence-electron chi connectivity index (χ2n) is 3.05. The maximum Gasteiger partial charge on any atom is 0.152 e. The quantitative estimate of drug-likeness (QED) is 0.709. The molecule has 0 aliphatic carbocycles. The van der Waals surface area contributed by atoms with Gasteiger partial charge in [0.2, 0.25) is 0 Å². The van der Waals surface area contributed by atoms with E-state index in [-0.39, 0.29) is 5.78 Å². The predicted octanol–water partition coefficient (Wildman–Crippen LogP) is 2.31. The minimum atomic E-state index is 0.00729. The third kappa shape index (κ3) is 3.13. The number of allylic oxidation sites excluding steroid dienone is 1. The molecule has 0 bridgehead atoms. The first-order valence-corrected chi connectivity index (χ1v) is 4.58. The molecular weight excluding hydrogens is 192 g/mol. The molecule has 0 amide bonds. The molecule has 15 heavy (non-hydrogen) atoms. The third-order valence-corrected chi connectivity index (χ3v) is 1.94. The van der Waals surface area contributed by atoms with E-state index in [1.54, 1.807) is 26.4 Å². The maximum absolute atomic E-state index is 10.8. The predicted molar refractivity (Wildman–Crippen MR) is 59.3 cm³/mol. The van der Waals surface area contributed by atoms with Gasteiger partial charge in [-0.3, -0.25) is 4.79 Å². The number of carbonyl (C=O) groups excluding carboxylic acids is 1. The zero-order chi connectivity index (χ0) is 11.3. The van der Waals surface area contributed by atoms with Crippen molar-refractivity contribution in [2.24, 2.45) is 0 Å². The van der Waals surface area contributed by atoms with E-state index in [4.69, 9.17) is 9.47 Å². The third-order valence-electron chi connectivity index (χ3n) is 1.94. The van der Waals surface area contributed by atoms with Crippen LogP contribution in [0.25, 0.3) is 6.08 Å². The van der Waals surface area contributed by atoms with E-state index < -0.39 is 0 Å². The van der Waals surface area contributed by atoms with Crippen LogP contribution in [-0.2, 0) is 4.79 Å². The lowest BCUT2D eigenvalue weighted by Gasteiger charge is -2.06. The van der Waals surface area contributed by atoms with Crippen LogP contribution >= 0.6 is 0 Å². The van der Waals surface area contributed by atoms with Gasteiger partial charge in [0.1, 0.15) is 11.5 Å². The zero-order valence-corrected chi connectivity index (χ0v) is 9.11. The summed E-state index contributed by atoms with van der Waals surface area (Å²) in [4.78, 5) is 10.8. The second-order valence-corrected chi connectivity index (χ2v) is 3.05. The van der Waals surface area contributed by atoms with Crippen LogP contribution in [0.2, 0.25) is 0 Å². The standard InChI is InChI=1S/C12H14O3/c1-9(13)4-5-10-6-7-11(14-2)8-12(10)15-3/h4-8H,1-3H3/b5-4+. The highest BCUT2D eigenvalue weighted by molar-refractivity contribution is 5.91. The van der Waals surface area contributed by atoms with Gasteiger partial charge in [-0.25, -0.2) is 0 Å². The van der Waals surface area contributed by atoms with Crippen molar-refractivity contribution < 1.29 is 14.3 Å². The summed E-state index contributed by atoms with van der Waals surface area (Å²) >= 11 is 0. The highest BCUT2D eigenvalue weighted by Gasteiger charge is 2.01. The molecule has 0 fully saturated rings. The van der Waals surface area contributed by atoms with E-state index >= 15 is 0 Å². The van der Waals surface area contributed by atoms with Gasteiger partial charge in [0.15, 0.2) is 5.78 Å². The number of hydrogen-bond donors (Lipinski definition) is 0. The molecule has 0 aliphatic heterocycles. The number of hydrogen-bond acceptors (Lipinski definition) is 3. The molecule has 0 saturated carbocycles. The van der Waals surface area contributed by atoms with Crippen LogP contribution in [0.5, 0.6) is 11.5 Å². The van der Waals surface area contributed by atoms with Gasteiger partial charge in [0.25, 0.3) is 0 Å². The van der Waals surface area contributed by atoms with E-state index in [0.717, 1.165) is 11.3 Å². The van der Waals surface area contributed by atoms with Gasteiger partial charge in [-0.05, 0) is 31.2 Å². The van der Waals surface area contributed by atoms with E-state index in [1.807, 2.05) is 12.1 Å². The molecule has 0 unspecified atom stereocenters. The minimum Gasteiger partial charge on any atom is -0.497 e. The Morgan fingerprint density at radius 1 is 1.27 bits per heavy atom. The smallest absolute Gasteiger partial charge is 0.152 e. The molecule has 1 aromatic rings. The van der Waals surface area contributed by atoms with Gasteiger partial charge in [-0.15, -0.1) is 0 Å². The van der Waals surface area contributed by atoms with Crippen molar-refractivity contribution in [3.63, 3.8) is 0 Å². The van der Waals surface area contributed by atoms with Gasteiger partial charge in [0.05, 0.1) is 14.2 Å². The van der Waals surface area contributed by atoms with Crippen LogP contribution in [-0.4, -0.2) is 20.0 Å². The SMILES string of the molecule is COc1ccc(/C=C/C(C)=O)c(OC)c1. The van der Waals surface area contributed by atoms with Crippen molar-refractivity contribution in [1.29, 1.82) is 0 Å². The van der Waals surface area contributed by atoms with Crippen LogP contribution < -0.4 is 9.47 Å². The molecule has 1 rings (SSSR count). The Bertz CT molecular complexity index is 380. The summed E-state index contributed by atoms with van der Waals surface area (Å²) in [5, 5.41) is 0. The van der Waals surface area contributed by atoms with Crippen molar-refractivity contribution in [2.45, 2.75) is 6.92 Å². The molecule has 0 aromatic heterocycles. The fourth-order valence-electron chi connectivity index (χ4n) is 1.16. The lowest BCUT2D eigenvalue weighted by Crippen LogP contribution is -1.90. The van der Waals surface area contributed by atoms with Crippen LogP contribution in [0.1, 0.15) is 12.5 Å². The number of benzene rings is 1. The molecular formula is C12H14O3. The van der Waals surface area contributed by atoms with Crippen molar-refractivity contribution >= 4 is 11.9 Å². The first-order valence-electron chi connectivity index (χ1n) is 4.58. The van der Waals surface area contributed by atoms with Crippen molar-refractivity contribution in [3.05, 3.63) is 29.8 Å². The molecule has 3 nitrogen and oxygen atoms in total. The summed E-state index contributed by atoms with van der Waals surface area (Å²) in [6, 6.07) is 5.44. The molecule has 0 saturated heterocycles. The Balaban J connectivity index is 3.02. The summed E-state index contributed by atoms with van der Waals surface area (Å²) in [7, 11) is 3.18. The summed E-state index contributed by atoms with van der Waals surface area (Å²) in [5.41, 5.74) is 0.855. The summed E-state index contributed by atoms with van der Waals surface area (Å²) in [6.45, 7) is 1.51. The molecule has 3 heteroatoms. The number of rotatable bonds is 4. The topological polar surface area (TPSA) is 35.5 Å². The Morgan fingerprint density at radius 2 is 2.00 bits per heavy atom. The fraction of sp³-hybridized carbons (Fsp3) is 0.250. The molecule has 0 spiro atoms. The summed E-state index contributed by atoms with van der Waals surface area (Å²) in [5.74, 6) is 1.42. The monoisotopic (exact) mass is 206 g/mol. The molecule has 80 valence electrons. The van der Waals surface area contributed by atoms with E-state index in [0.29, 0.717) is 5.75 Å². The van der Waals surface area contributed by atoms with Crippen LogP contribution in [0, 0.1) is 0 Å². The highest BCUT2D eigenvalue weighted by Crippen LogP contribution is 2.25. The number of ketones is 1. The summed E-state index contributed by atoms with van der Waals surface area (Å²) in [6.07, 6.45) is 3.23. The van der Waals surface area contributed by atoms with E-state index in [2.05, 4.69) is 0 Å². The first-order chi connectivity index (χ1) is 7.17. The van der Waals surface area contributed by atoms with E-state index in [9.17, 15) is 4.79 Å². The average molecular weight is 206 g/mol. The van der Waals surface area contributed by atoms with Crippen LogP contribution in [0.3, 0.4) is 0 Å². The van der Waals surface area contributed by atoms with Gasteiger partial charge >= 0.3 is 0 Å². The number of carbonyl (C=O) groups is 1. The van der Waals surface area contributed by atoms with Crippen molar-refractivity contribution in [3.8, 4) is 11.5 Å². The van der Waals surface area contributed by atoms with Crippen LogP contribution in [0.15, 0.2) is 24.3 Å². The molecule has 0 aliphatic rings. The van der Waals surface area contributed by atoms with Crippen molar-refractivity contribution in [2.75, 3.05) is 14.2 Å². The molecule has 1 aromatic carbocycles. The first kappa shape index (κ1) is 11.3. The minimum absolute atomic E-state index is 0.00729.